The smallest absolute Gasteiger partial charge is 0.139 e. The molecular weight excluding hydrogens is 739 g/mol. The molecule has 0 aromatic heterocycles. The van der Waals surface area contributed by atoms with Crippen LogP contribution in [-0.4, -0.2) is 23.5 Å². The maximum absolute atomic E-state index is 11.1. The van der Waals surface area contributed by atoms with E-state index >= 15 is 0 Å². The predicted octanol–water partition coefficient (Wildman–Crippen LogP) is 12.1. The van der Waals surface area contributed by atoms with Crippen molar-refractivity contribution in [3.63, 3.8) is 0 Å². The van der Waals surface area contributed by atoms with Gasteiger partial charge in [0.1, 0.15) is 11.5 Å². The Balaban J connectivity index is 0.000000475. The second-order valence-corrected chi connectivity index (χ2v) is 14.8. The summed E-state index contributed by atoms with van der Waals surface area (Å²) < 4.78 is 0. The maximum Gasteiger partial charge on any atom is 0.139 e. The predicted molar refractivity (Wildman–Crippen MR) is 211 cm³/mol. The molecule has 50 heavy (non-hydrogen) atoms. The fourth-order valence-electron chi connectivity index (χ4n) is 4.83. The normalized spacial score (nSPS) is 11.1. The number of anilines is 1. The van der Waals surface area contributed by atoms with Crippen LogP contribution >= 0.6 is 23.2 Å². The number of phenols is 2. The molecule has 0 amide bonds. The Morgan fingerprint density at radius 2 is 1.22 bits per heavy atom. The average Bonchev–Trinajstić information content (AvgIpc) is 3.03. The van der Waals surface area contributed by atoms with Crippen LogP contribution in [0.2, 0.25) is 10.0 Å². The molecule has 0 heterocycles. The van der Waals surface area contributed by atoms with E-state index in [2.05, 4.69) is 61.5 Å². The van der Waals surface area contributed by atoms with Crippen molar-refractivity contribution in [2.75, 3.05) is 11.9 Å². The van der Waals surface area contributed by atoms with Crippen LogP contribution in [-0.2, 0) is 43.6 Å². The van der Waals surface area contributed by atoms with Gasteiger partial charge in [0, 0.05) is 67.7 Å². The van der Waals surface area contributed by atoms with Gasteiger partial charge >= 0.3 is 0 Å². The van der Waals surface area contributed by atoms with Gasteiger partial charge in [-0.3, -0.25) is 4.99 Å². The Hall–Kier alpha value is -3.63. The molecule has 0 aliphatic carbocycles. The van der Waals surface area contributed by atoms with Crippen molar-refractivity contribution >= 4 is 40.8 Å². The summed E-state index contributed by atoms with van der Waals surface area (Å²) in [6.07, 6.45) is 1.72. The van der Waals surface area contributed by atoms with Crippen molar-refractivity contribution in [1.82, 2.24) is 0 Å². The second-order valence-electron chi connectivity index (χ2n) is 13.9. The number of hydrogen-bond acceptors (Lipinski definition) is 4. The average molecular weight is 787 g/mol. The molecule has 0 saturated heterocycles. The van der Waals surface area contributed by atoms with Gasteiger partial charge in [-0.2, -0.15) is 49.2 Å². The van der Waals surface area contributed by atoms with Gasteiger partial charge in [-0.1, -0.05) is 95.1 Å². The summed E-state index contributed by atoms with van der Waals surface area (Å²) >= 11 is 12.2. The molecule has 0 radical (unpaired) electrons. The first-order chi connectivity index (χ1) is 23.0. The Kier molecular flexibility index (Phi) is 16.3. The van der Waals surface area contributed by atoms with Gasteiger partial charge in [-0.15, -0.1) is 24.3 Å². The summed E-state index contributed by atoms with van der Waals surface area (Å²) in [7, 11) is 1.91. The number of aliphatic imine (C=N–C) groups is 1. The fraction of sp³-hybridized carbons (Fsp3) is 0.233. The van der Waals surface area contributed by atoms with Crippen molar-refractivity contribution in [1.29, 1.82) is 0 Å². The van der Waals surface area contributed by atoms with Crippen LogP contribution in [0.3, 0.4) is 0 Å². The third kappa shape index (κ3) is 12.9. The maximum atomic E-state index is 11.1. The monoisotopic (exact) mass is 784 g/mol. The van der Waals surface area contributed by atoms with E-state index in [4.69, 9.17) is 28.2 Å². The van der Waals surface area contributed by atoms with E-state index in [0.29, 0.717) is 22.7 Å². The number of rotatable bonds is 5. The van der Waals surface area contributed by atoms with E-state index in [1.54, 1.807) is 12.3 Å². The van der Waals surface area contributed by atoms with E-state index < -0.39 is 0 Å². The molecule has 0 spiro atoms. The standard InChI is InChI=1S/C29H34Cl2N2O2.2C7H7.Zr/c1-28(2,3)20-12-18(26(34)22(14-20)29(4,5)6)16-32-24-10-8-9-11-25(24)33(7)17-19-13-21(30)15-23(31)27(19)35;2*1-7-5-3-2-4-6-7;/h8-16,34-35H,17H2,1-7H3;2*2-6H,1H2;/q;2*-1;. The second kappa shape index (κ2) is 19.1. The minimum atomic E-state index is -0.216. The first kappa shape index (κ1) is 42.5. The molecule has 7 heteroatoms. The van der Waals surface area contributed by atoms with Crippen molar-refractivity contribution in [3.05, 3.63) is 166 Å². The zero-order valence-corrected chi connectivity index (χ0v) is 34.1. The molecule has 4 nitrogen and oxygen atoms in total. The van der Waals surface area contributed by atoms with Crippen LogP contribution < -0.4 is 4.90 Å². The van der Waals surface area contributed by atoms with E-state index in [0.717, 1.165) is 33.6 Å². The quantitative estimate of drug-likeness (QED) is 0.138. The Bertz CT molecular complexity index is 1790. The molecule has 0 saturated carbocycles. The Labute approximate surface area is 329 Å². The molecule has 5 aromatic rings. The zero-order valence-electron chi connectivity index (χ0n) is 30.1. The Morgan fingerprint density at radius 3 is 1.70 bits per heavy atom. The number of aromatic hydroxyl groups is 2. The third-order valence-corrected chi connectivity index (χ3v) is 8.16. The number of phenolic OH excluding ortho intramolecular Hbond substituents is 2. The van der Waals surface area contributed by atoms with Gasteiger partial charge in [0.2, 0.25) is 0 Å². The summed E-state index contributed by atoms with van der Waals surface area (Å²) in [5.41, 5.74) is 6.78. The number of benzene rings is 5. The molecule has 5 rings (SSSR count). The molecule has 5 aromatic carbocycles. The van der Waals surface area contributed by atoms with Crippen LogP contribution in [0, 0.1) is 13.8 Å². The van der Waals surface area contributed by atoms with Crippen LogP contribution in [0.15, 0.2) is 114 Å². The number of para-hydroxylation sites is 2. The molecule has 0 aliphatic heterocycles. The molecule has 0 unspecified atom stereocenters. The fourth-order valence-corrected chi connectivity index (χ4v) is 5.37. The van der Waals surface area contributed by atoms with Crippen LogP contribution in [0.5, 0.6) is 11.5 Å². The molecular formula is C43H48Cl2N2O2Zr-2. The summed E-state index contributed by atoms with van der Waals surface area (Å²) in [6, 6.07) is 34.8. The van der Waals surface area contributed by atoms with Gasteiger partial charge in [0.25, 0.3) is 0 Å². The van der Waals surface area contributed by atoms with Crippen LogP contribution in [0.4, 0.5) is 11.4 Å². The van der Waals surface area contributed by atoms with Crippen molar-refractivity contribution < 1.29 is 36.4 Å². The minimum Gasteiger partial charge on any atom is -0.507 e. The minimum absolute atomic E-state index is 0. The Morgan fingerprint density at radius 1 is 0.700 bits per heavy atom. The first-order valence-corrected chi connectivity index (χ1v) is 16.9. The summed E-state index contributed by atoms with van der Waals surface area (Å²) in [6.45, 7) is 20.6. The van der Waals surface area contributed by atoms with E-state index in [-0.39, 0.29) is 53.6 Å². The van der Waals surface area contributed by atoms with Crippen molar-refractivity contribution in [3.8, 4) is 11.5 Å². The van der Waals surface area contributed by atoms with Crippen LogP contribution in [0.25, 0.3) is 0 Å². The van der Waals surface area contributed by atoms with Crippen molar-refractivity contribution in [2.24, 2.45) is 4.99 Å². The molecule has 2 N–H and O–H groups in total. The summed E-state index contributed by atoms with van der Waals surface area (Å²) in [4.78, 5) is 6.74. The molecule has 0 bridgehead atoms. The molecule has 262 valence electrons. The van der Waals surface area contributed by atoms with Gasteiger partial charge in [0.15, 0.2) is 0 Å². The molecule has 0 fully saturated rings. The number of nitrogens with zero attached hydrogens (tertiary/aromatic N) is 2. The van der Waals surface area contributed by atoms with E-state index in [1.807, 2.05) is 103 Å². The topological polar surface area (TPSA) is 56.1 Å². The summed E-state index contributed by atoms with van der Waals surface area (Å²) in [5.74, 6) is 0.265. The van der Waals surface area contributed by atoms with Gasteiger partial charge < -0.3 is 15.1 Å². The SMILES string of the molecule is CN(Cc1cc(Cl)cc(Cl)c1O)c1ccccc1N=Cc1cc(C(C)(C)C)cc(C(C)(C)C)c1O.[CH2-]c1ccccc1.[CH2-]c1ccccc1.[Zr]. The zero-order chi connectivity index (χ0) is 36.4. The third-order valence-electron chi connectivity index (χ3n) is 7.65. The van der Waals surface area contributed by atoms with Gasteiger partial charge in [-0.25, -0.2) is 0 Å². The van der Waals surface area contributed by atoms with E-state index in [9.17, 15) is 10.2 Å². The van der Waals surface area contributed by atoms with Gasteiger partial charge in [0.05, 0.1) is 16.4 Å². The number of hydrogen-bond donors (Lipinski definition) is 2. The summed E-state index contributed by atoms with van der Waals surface area (Å²) in [5, 5.41) is 22.2. The molecule has 0 atom stereocenters. The van der Waals surface area contributed by atoms with Gasteiger partial charge in [-0.05, 0) is 46.7 Å². The number of halogens is 2. The largest absolute Gasteiger partial charge is 0.507 e. The van der Waals surface area contributed by atoms with E-state index in [1.165, 1.54) is 6.07 Å². The molecule has 0 aliphatic rings. The first-order valence-electron chi connectivity index (χ1n) is 16.1. The van der Waals surface area contributed by atoms with Crippen LogP contribution in [0.1, 0.15) is 74.9 Å². The van der Waals surface area contributed by atoms with Crippen molar-refractivity contribution in [2.45, 2.75) is 58.9 Å².